The van der Waals surface area contributed by atoms with Crippen molar-refractivity contribution in [2.75, 3.05) is 19.7 Å². The summed E-state index contributed by atoms with van der Waals surface area (Å²) in [5.41, 5.74) is 1.99. The molecule has 164 valence electrons. The van der Waals surface area contributed by atoms with Crippen molar-refractivity contribution in [3.8, 4) is 5.75 Å². The number of hydrogen-bond donors (Lipinski definition) is 0. The Morgan fingerprint density at radius 1 is 1.26 bits per heavy atom. The summed E-state index contributed by atoms with van der Waals surface area (Å²) in [4.78, 5) is 19.0. The van der Waals surface area contributed by atoms with Crippen molar-refractivity contribution in [2.45, 2.75) is 45.5 Å². The third-order valence-electron chi connectivity index (χ3n) is 5.76. The fourth-order valence-electron chi connectivity index (χ4n) is 4.11. The Morgan fingerprint density at radius 3 is 2.61 bits per heavy atom. The molecule has 3 aromatic rings. The molecule has 0 N–H and O–H groups in total. The Morgan fingerprint density at radius 2 is 1.97 bits per heavy atom. The summed E-state index contributed by atoms with van der Waals surface area (Å²) in [7, 11) is 0. The number of alkyl halides is 2. The molecule has 1 fully saturated rings. The number of aromatic nitrogens is 2. The van der Waals surface area contributed by atoms with E-state index < -0.39 is 6.43 Å². The maximum Gasteiger partial charge on any atom is 0.264 e. The van der Waals surface area contributed by atoms with Crippen LogP contribution in [0.1, 0.15) is 54.6 Å². The highest BCUT2D eigenvalue weighted by molar-refractivity contribution is 5.80. The number of carbonyl (C=O) groups is 1. The van der Waals surface area contributed by atoms with Gasteiger partial charge in [-0.2, -0.15) is 0 Å². The normalized spacial score (nSPS) is 15.1. The quantitative estimate of drug-likeness (QED) is 0.562. The van der Waals surface area contributed by atoms with Gasteiger partial charge in [-0.15, -0.1) is 0 Å². The second-order valence-electron chi connectivity index (χ2n) is 7.79. The molecule has 0 unspecified atom stereocenters. The first-order valence-corrected chi connectivity index (χ1v) is 10.5. The van der Waals surface area contributed by atoms with Crippen molar-refractivity contribution in [3.63, 3.8) is 0 Å². The molecule has 1 amide bonds. The van der Waals surface area contributed by atoms with Crippen LogP contribution in [-0.2, 0) is 11.2 Å². The number of nitrogens with zero attached hydrogens (tertiary/aromatic N) is 3. The average molecular weight is 429 g/mol. The Balaban J connectivity index is 1.41. The van der Waals surface area contributed by atoms with E-state index in [0.717, 1.165) is 11.3 Å². The van der Waals surface area contributed by atoms with Crippen LogP contribution in [0.5, 0.6) is 5.75 Å². The number of hydrogen-bond acceptors (Lipinski definition) is 5. The lowest BCUT2D eigenvalue weighted by molar-refractivity contribution is -0.131. The Bertz CT molecular complexity index is 1060. The predicted octanol–water partition coefficient (Wildman–Crippen LogP) is 4.82. The van der Waals surface area contributed by atoms with Crippen molar-refractivity contribution in [2.24, 2.45) is 0 Å². The summed E-state index contributed by atoms with van der Waals surface area (Å²) in [6.07, 6.45) is -0.959. The number of halogens is 2. The van der Waals surface area contributed by atoms with Crippen LogP contribution in [0.2, 0.25) is 0 Å². The van der Waals surface area contributed by atoms with Crippen LogP contribution in [-0.4, -0.2) is 40.6 Å². The smallest absolute Gasteiger partial charge is 0.264 e. The standard InChI is InChI=1S/C23H25F2N3O3/c1-3-30-17-6-4-15(5-7-17)12-20(29)28-10-8-16(9-11-28)19-13-18(22(24)25)21-14(2)27-31-23(21)26-19/h4-7,13,16,22H,3,8-12H2,1-2H3. The van der Waals surface area contributed by atoms with Gasteiger partial charge in [-0.05, 0) is 50.5 Å². The second kappa shape index (κ2) is 8.99. The van der Waals surface area contributed by atoms with Gasteiger partial charge in [0.1, 0.15) is 5.75 Å². The summed E-state index contributed by atoms with van der Waals surface area (Å²) in [6.45, 7) is 5.30. The maximum absolute atomic E-state index is 13.6. The van der Waals surface area contributed by atoms with Crippen LogP contribution in [0.4, 0.5) is 8.78 Å². The van der Waals surface area contributed by atoms with E-state index in [9.17, 15) is 13.6 Å². The van der Waals surface area contributed by atoms with Gasteiger partial charge in [0.15, 0.2) is 0 Å². The molecule has 0 atom stereocenters. The monoisotopic (exact) mass is 429 g/mol. The van der Waals surface area contributed by atoms with Gasteiger partial charge in [0.05, 0.1) is 24.1 Å². The zero-order valence-corrected chi connectivity index (χ0v) is 17.6. The van der Waals surface area contributed by atoms with Crippen molar-refractivity contribution >= 4 is 17.0 Å². The fourth-order valence-corrected chi connectivity index (χ4v) is 4.11. The number of aryl methyl sites for hydroxylation is 1. The summed E-state index contributed by atoms with van der Waals surface area (Å²) < 4.78 is 37.8. The molecular weight excluding hydrogens is 404 g/mol. The molecule has 1 saturated heterocycles. The number of amides is 1. The van der Waals surface area contributed by atoms with Crippen LogP contribution >= 0.6 is 0 Å². The number of carbonyl (C=O) groups excluding carboxylic acids is 1. The second-order valence-corrected chi connectivity index (χ2v) is 7.79. The molecular formula is C23H25F2N3O3. The summed E-state index contributed by atoms with van der Waals surface area (Å²) in [5, 5.41) is 4.08. The zero-order chi connectivity index (χ0) is 22.0. The topological polar surface area (TPSA) is 68.5 Å². The molecule has 0 saturated carbocycles. The molecule has 1 aliphatic heterocycles. The molecule has 1 aromatic carbocycles. The van der Waals surface area contributed by atoms with E-state index in [1.807, 2.05) is 36.1 Å². The van der Waals surface area contributed by atoms with Crippen molar-refractivity contribution in [1.82, 2.24) is 15.0 Å². The molecule has 2 aromatic heterocycles. The molecule has 3 heterocycles. The minimum atomic E-state index is -2.63. The first-order valence-electron chi connectivity index (χ1n) is 10.5. The number of ether oxygens (including phenoxy) is 1. The Labute approximate surface area is 179 Å². The molecule has 8 heteroatoms. The number of likely N-dealkylation sites (tertiary alicyclic amines) is 1. The number of rotatable bonds is 6. The fraction of sp³-hybridized carbons (Fsp3) is 0.435. The molecule has 31 heavy (non-hydrogen) atoms. The number of fused-ring (bicyclic) bond motifs is 1. The first kappa shape index (κ1) is 21.2. The van der Waals surface area contributed by atoms with E-state index >= 15 is 0 Å². The van der Waals surface area contributed by atoms with Crippen LogP contribution in [0, 0.1) is 6.92 Å². The minimum absolute atomic E-state index is 0.00170. The average Bonchev–Trinajstić information content (AvgIpc) is 3.15. The van der Waals surface area contributed by atoms with Gasteiger partial charge in [0, 0.05) is 30.3 Å². The molecule has 4 rings (SSSR count). The Kier molecular flexibility index (Phi) is 6.15. The molecule has 1 aliphatic rings. The molecule has 6 nitrogen and oxygen atoms in total. The van der Waals surface area contributed by atoms with Gasteiger partial charge >= 0.3 is 0 Å². The Hall–Kier alpha value is -3.03. The highest BCUT2D eigenvalue weighted by Crippen LogP contribution is 2.34. The molecule has 0 spiro atoms. The highest BCUT2D eigenvalue weighted by Gasteiger charge is 2.27. The van der Waals surface area contributed by atoms with E-state index in [-0.39, 0.29) is 23.1 Å². The number of benzene rings is 1. The predicted molar refractivity (Wildman–Crippen MR) is 111 cm³/mol. The first-order chi connectivity index (χ1) is 15.0. The largest absolute Gasteiger partial charge is 0.494 e. The van der Waals surface area contributed by atoms with E-state index in [4.69, 9.17) is 9.26 Å². The van der Waals surface area contributed by atoms with Crippen molar-refractivity contribution < 1.29 is 22.8 Å². The van der Waals surface area contributed by atoms with Gasteiger partial charge in [-0.25, -0.2) is 13.8 Å². The lowest BCUT2D eigenvalue weighted by atomic mass is 9.91. The molecule has 0 aliphatic carbocycles. The highest BCUT2D eigenvalue weighted by atomic mass is 19.3. The van der Waals surface area contributed by atoms with Crippen LogP contribution < -0.4 is 4.74 Å². The maximum atomic E-state index is 13.6. The van der Waals surface area contributed by atoms with Crippen molar-refractivity contribution in [1.29, 1.82) is 0 Å². The third kappa shape index (κ3) is 4.52. The van der Waals surface area contributed by atoms with Crippen LogP contribution in [0.25, 0.3) is 11.1 Å². The number of piperidine rings is 1. The van der Waals surface area contributed by atoms with E-state index in [1.165, 1.54) is 6.07 Å². The summed E-state index contributed by atoms with van der Waals surface area (Å²) >= 11 is 0. The van der Waals surface area contributed by atoms with Crippen LogP contribution in [0.15, 0.2) is 34.9 Å². The minimum Gasteiger partial charge on any atom is -0.494 e. The molecule has 0 radical (unpaired) electrons. The lowest BCUT2D eigenvalue weighted by Crippen LogP contribution is -2.38. The summed E-state index contributed by atoms with van der Waals surface area (Å²) in [6, 6.07) is 9.01. The SMILES string of the molecule is CCOc1ccc(CC(=O)N2CCC(c3cc(C(F)F)c4c(C)noc4n3)CC2)cc1. The van der Waals surface area contributed by atoms with Crippen molar-refractivity contribution in [3.05, 3.63) is 52.8 Å². The van der Waals surface area contributed by atoms with Crippen LogP contribution in [0.3, 0.4) is 0 Å². The van der Waals surface area contributed by atoms with Gasteiger partial charge in [0.25, 0.3) is 12.1 Å². The van der Waals surface area contributed by atoms with E-state index in [0.29, 0.717) is 55.7 Å². The summed E-state index contributed by atoms with van der Waals surface area (Å²) in [5.74, 6) is 0.848. The van der Waals surface area contributed by atoms with E-state index in [2.05, 4.69) is 10.1 Å². The van der Waals surface area contributed by atoms with E-state index in [1.54, 1.807) is 6.92 Å². The third-order valence-corrected chi connectivity index (χ3v) is 5.76. The number of pyridine rings is 1. The zero-order valence-electron chi connectivity index (χ0n) is 17.6. The van der Waals surface area contributed by atoms with Gasteiger partial charge < -0.3 is 14.2 Å². The van der Waals surface area contributed by atoms with Gasteiger partial charge in [-0.3, -0.25) is 4.79 Å². The molecule has 0 bridgehead atoms. The van der Waals surface area contributed by atoms with Gasteiger partial charge in [-0.1, -0.05) is 17.3 Å². The lowest BCUT2D eigenvalue weighted by Gasteiger charge is -2.32. The van der Waals surface area contributed by atoms with Gasteiger partial charge in [0.2, 0.25) is 5.91 Å².